The predicted molar refractivity (Wildman–Crippen MR) is 29.8 cm³/mol. The summed E-state index contributed by atoms with van der Waals surface area (Å²) in [6.07, 6.45) is 3.81. The van der Waals surface area contributed by atoms with E-state index in [2.05, 4.69) is 0 Å². The molecule has 41 valence electrons. The molecule has 0 saturated heterocycles. The Kier molecular flexibility index (Phi) is 3.67. The van der Waals surface area contributed by atoms with E-state index >= 15 is 0 Å². The monoisotopic (exact) mass is 99.1 g/mol. The lowest BCUT2D eigenvalue weighted by molar-refractivity contribution is 0.508. The van der Waals surface area contributed by atoms with Crippen LogP contribution in [0.4, 0.5) is 0 Å². The molecule has 0 aromatic rings. The highest BCUT2D eigenvalue weighted by Gasteiger charge is 1.98. The molecule has 0 spiro atoms. The molecule has 1 nitrogen and oxygen atoms in total. The molecule has 0 rings (SSSR count). The molecule has 0 N–H and O–H groups in total. The summed E-state index contributed by atoms with van der Waals surface area (Å²) in [5.74, 6) is 0.181. The van der Waals surface area contributed by atoms with Gasteiger partial charge in [0.1, 0.15) is 0 Å². The molecule has 0 bridgehead atoms. The minimum absolute atomic E-state index is 0.181. The van der Waals surface area contributed by atoms with Gasteiger partial charge in [-0.1, -0.05) is 13.8 Å². The third-order valence-corrected chi connectivity index (χ3v) is 1.15. The van der Waals surface area contributed by atoms with E-state index in [1.807, 2.05) is 20.1 Å². The van der Waals surface area contributed by atoms with Crippen LogP contribution in [-0.2, 0) is 4.79 Å². The van der Waals surface area contributed by atoms with Crippen LogP contribution in [0.15, 0.2) is 0 Å². The first-order valence-electron chi connectivity index (χ1n) is 2.72. The quantitative estimate of drug-likeness (QED) is 0.524. The summed E-state index contributed by atoms with van der Waals surface area (Å²) in [6.45, 7) is 4.00. The maximum atomic E-state index is 9.84. The average molecular weight is 99.2 g/mol. The maximum absolute atomic E-state index is 9.84. The van der Waals surface area contributed by atoms with Gasteiger partial charge in [-0.2, -0.15) is 0 Å². The van der Waals surface area contributed by atoms with Gasteiger partial charge in [-0.25, -0.2) is 0 Å². The van der Waals surface area contributed by atoms with Gasteiger partial charge in [-0.3, -0.25) is 4.79 Å². The average Bonchev–Trinajstić information content (AvgIpc) is 1.72. The molecule has 1 heteroatoms. The summed E-state index contributed by atoms with van der Waals surface area (Å²) in [5.41, 5.74) is 0. The largest absolute Gasteiger partial charge is 0.291 e. The molecule has 0 saturated carbocycles. The van der Waals surface area contributed by atoms with Gasteiger partial charge in [0.2, 0.25) is 6.29 Å². The number of hydrogen-bond acceptors (Lipinski definition) is 1. The zero-order valence-electron chi connectivity index (χ0n) is 4.90. The van der Waals surface area contributed by atoms with Crippen LogP contribution in [-0.4, -0.2) is 6.29 Å². The van der Waals surface area contributed by atoms with E-state index in [4.69, 9.17) is 0 Å². The van der Waals surface area contributed by atoms with Crippen LogP contribution in [0.2, 0.25) is 0 Å². The van der Waals surface area contributed by atoms with Crippen LogP contribution in [0.1, 0.15) is 26.7 Å². The molecule has 0 aromatic heterocycles. The van der Waals surface area contributed by atoms with Gasteiger partial charge in [-0.05, 0) is 12.8 Å². The Bertz CT molecular complexity index is 46.1. The second kappa shape index (κ2) is 3.85. The van der Waals surface area contributed by atoms with Crippen LogP contribution < -0.4 is 0 Å². The number of hydrogen-bond donors (Lipinski definition) is 0. The summed E-state index contributed by atoms with van der Waals surface area (Å²) in [6, 6.07) is 0. The smallest absolute Gasteiger partial charge is 0.201 e. The van der Waals surface area contributed by atoms with Crippen molar-refractivity contribution in [2.45, 2.75) is 26.7 Å². The Morgan fingerprint density at radius 3 is 1.86 bits per heavy atom. The lowest BCUT2D eigenvalue weighted by atomic mass is 10.1. The zero-order chi connectivity index (χ0) is 5.70. The summed E-state index contributed by atoms with van der Waals surface area (Å²) in [5, 5.41) is 0. The van der Waals surface area contributed by atoms with Gasteiger partial charge in [0.25, 0.3) is 0 Å². The van der Waals surface area contributed by atoms with Crippen molar-refractivity contribution in [1.29, 1.82) is 0 Å². The van der Waals surface area contributed by atoms with Gasteiger partial charge in [-0.15, -0.1) is 0 Å². The minimum atomic E-state index is 0.181. The second-order valence-electron chi connectivity index (χ2n) is 1.63. The van der Waals surface area contributed by atoms with Gasteiger partial charge in [0.15, 0.2) is 0 Å². The molecule has 0 fully saturated rings. The van der Waals surface area contributed by atoms with Gasteiger partial charge >= 0.3 is 0 Å². The van der Waals surface area contributed by atoms with Crippen molar-refractivity contribution < 1.29 is 4.79 Å². The highest BCUT2D eigenvalue weighted by Crippen LogP contribution is 2.01. The maximum Gasteiger partial charge on any atom is 0.201 e. The molecule has 0 aromatic carbocycles. The highest BCUT2D eigenvalue weighted by molar-refractivity contribution is 5.53. The number of carbonyl (C=O) groups excluding carboxylic acids is 1. The molecule has 0 atom stereocenters. The first-order valence-corrected chi connectivity index (χ1v) is 2.72. The molecule has 0 unspecified atom stereocenters. The summed E-state index contributed by atoms with van der Waals surface area (Å²) in [4.78, 5) is 9.84. The third-order valence-electron chi connectivity index (χ3n) is 1.15. The first-order chi connectivity index (χ1) is 3.35. The van der Waals surface area contributed by atoms with Gasteiger partial charge in [0, 0.05) is 5.92 Å². The predicted octanol–water partition coefficient (Wildman–Crippen LogP) is 1.53. The standard InChI is InChI=1S/C6H11O/c1-3-6(4-2)5-7/h6H,3-4H2,1-2H3. The van der Waals surface area contributed by atoms with Crippen LogP contribution in [0.3, 0.4) is 0 Å². The Morgan fingerprint density at radius 1 is 1.43 bits per heavy atom. The Hall–Kier alpha value is -0.330. The lowest BCUT2D eigenvalue weighted by Gasteiger charge is -1.96. The van der Waals surface area contributed by atoms with Crippen molar-refractivity contribution in [3.05, 3.63) is 0 Å². The van der Waals surface area contributed by atoms with Crippen molar-refractivity contribution in [2.75, 3.05) is 0 Å². The molecular weight excluding hydrogens is 88.1 g/mol. The van der Waals surface area contributed by atoms with E-state index in [1.165, 1.54) is 0 Å². The van der Waals surface area contributed by atoms with E-state index in [0.29, 0.717) is 0 Å². The first kappa shape index (κ1) is 6.67. The van der Waals surface area contributed by atoms with Crippen molar-refractivity contribution in [2.24, 2.45) is 5.92 Å². The second-order valence-corrected chi connectivity index (χ2v) is 1.63. The SMILES string of the molecule is CCC([C]=O)CC. The van der Waals surface area contributed by atoms with Crippen molar-refractivity contribution >= 4 is 6.29 Å². The Morgan fingerprint density at radius 2 is 1.86 bits per heavy atom. The van der Waals surface area contributed by atoms with Crippen molar-refractivity contribution in [3.63, 3.8) is 0 Å². The van der Waals surface area contributed by atoms with Crippen LogP contribution in [0.5, 0.6) is 0 Å². The Balaban J connectivity index is 3.16. The van der Waals surface area contributed by atoms with Crippen molar-refractivity contribution in [1.82, 2.24) is 0 Å². The van der Waals surface area contributed by atoms with Crippen LogP contribution >= 0.6 is 0 Å². The molecule has 1 radical (unpaired) electrons. The van der Waals surface area contributed by atoms with E-state index < -0.39 is 0 Å². The zero-order valence-corrected chi connectivity index (χ0v) is 4.90. The van der Waals surface area contributed by atoms with Crippen molar-refractivity contribution in [3.8, 4) is 0 Å². The molecule has 0 heterocycles. The molecular formula is C6H11O. The van der Waals surface area contributed by atoms with Crippen LogP contribution in [0, 0.1) is 5.92 Å². The van der Waals surface area contributed by atoms with E-state index in [9.17, 15) is 4.79 Å². The normalized spacial score (nSPS) is 9.57. The number of rotatable bonds is 3. The molecule has 0 aliphatic carbocycles. The summed E-state index contributed by atoms with van der Waals surface area (Å²) < 4.78 is 0. The van der Waals surface area contributed by atoms with Gasteiger partial charge < -0.3 is 0 Å². The summed E-state index contributed by atoms with van der Waals surface area (Å²) >= 11 is 0. The molecule has 7 heavy (non-hydrogen) atoms. The van der Waals surface area contributed by atoms with Gasteiger partial charge in [0.05, 0.1) is 0 Å². The topological polar surface area (TPSA) is 17.1 Å². The lowest BCUT2D eigenvalue weighted by Crippen LogP contribution is -1.95. The molecule has 0 aliphatic heterocycles. The summed E-state index contributed by atoms with van der Waals surface area (Å²) in [7, 11) is 0. The fraction of sp³-hybridized carbons (Fsp3) is 0.833. The minimum Gasteiger partial charge on any atom is -0.291 e. The van der Waals surface area contributed by atoms with E-state index in [1.54, 1.807) is 0 Å². The Labute approximate surface area is 44.7 Å². The molecule has 0 aliphatic rings. The van der Waals surface area contributed by atoms with E-state index in [0.717, 1.165) is 12.8 Å². The van der Waals surface area contributed by atoms with E-state index in [-0.39, 0.29) is 5.92 Å². The fourth-order valence-electron chi connectivity index (χ4n) is 0.455. The van der Waals surface area contributed by atoms with Crippen LogP contribution in [0.25, 0.3) is 0 Å². The third kappa shape index (κ3) is 2.38. The fourth-order valence-corrected chi connectivity index (χ4v) is 0.455. The molecule has 0 amide bonds. The highest BCUT2D eigenvalue weighted by atomic mass is 16.1.